The summed E-state index contributed by atoms with van der Waals surface area (Å²) in [5.74, 6) is -1.72. The van der Waals surface area contributed by atoms with Crippen molar-refractivity contribution in [1.29, 1.82) is 0 Å². The van der Waals surface area contributed by atoms with Crippen LogP contribution in [0.5, 0.6) is 0 Å². The second kappa shape index (κ2) is 6.34. The minimum absolute atomic E-state index is 0.0258. The molecule has 0 fully saturated rings. The number of nitrogens with zero attached hydrogens (tertiary/aromatic N) is 1. The predicted molar refractivity (Wildman–Crippen MR) is 57.4 cm³/mol. The molecule has 0 saturated carbocycles. The summed E-state index contributed by atoms with van der Waals surface area (Å²) >= 11 is 0. The topological polar surface area (TPSA) is 65.2 Å². The van der Waals surface area contributed by atoms with Crippen LogP contribution in [0.2, 0.25) is 0 Å². The molecule has 0 unspecified atom stereocenters. The number of carbonyl (C=O) groups is 1. The van der Waals surface area contributed by atoms with E-state index in [0.717, 1.165) is 0 Å². The summed E-state index contributed by atoms with van der Waals surface area (Å²) in [5.41, 5.74) is 4.32. The monoisotopic (exact) mass is 262 g/mol. The molecule has 2 N–H and O–H groups in total. The normalized spacial score (nSPS) is 10.8. The van der Waals surface area contributed by atoms with Crippen LogP contribution in [0.1, 0.15) is 30.2 Å². The molecule has 0 saturated heterocycles. The van der Waals surface area contributed by atoms with Gasteiger partial charge in [0.05, 0.1) is 24.3 Å². The third-order valence-corrected chi connectivity index (χ3v) is 2.28. The summed E-state index contributed by atoms with van der Waals surface area (Å²) in [6.45, 7) is 1.48. The fourth-order valence-corrected chi connectivity index (χ4v) is 1.44. The van der Waals surface area contributed by atoms with Crippen molar-refractivity contribution in [3.8, 4) is 0 Å². The first kappa shape index (κ1) is 14.4. The van der Waals surface area contributed by atoms with Gasteiger partial charge in [-0.2, -0.15) is 0 Å². The molecule has 0 radical (unpaired) electrons. The van der Waals surface area contributed by atoms with Crippen molar-refractivity contribution in [3.05, 3.63) is 28.8 Å². The first-order valence-electron chi connectivity index (χ1n) is 5.31. The highest BCUT2D eigenvalue weighted by molar-refractivity contribution is 5.72. The van der Waals surface area contributed by atoms with E-state index >= 15 is 0 Å². The molecule has 18 heavy (non-hydrogen) atoms. The largest absolute Gasteiger partial charge is 0.466 e. The number of pyridine rings is 1. The Hall–Kier alpha value is -1.63. The van der Waals surface area contributed by atoms with E-state index in [1.807, 2.05) is 0 Å². The van der Waals surface area contributed by atoms with E-state index in [9.17, 15) is 18.0 Å². The van der Waals surface area contributed by atoms with Crippen LogP contribution in [-0.2, 0) is 22.5 Å². The minimum Gasteiger partial charge on any atom is -0.466 e. The van der Waals surface area contributed by atoms with Crippen LogP contribution in [0.15, 0.2) is 6.20 Å². The van der Waals surface area contributed by atoms with Gasteiger partial charge in [-0.05, 0) is 6.92 Å². The Balaban J connectivity index is 3.07. The van der Waals surface area contributed by atoms with Crippen LogP contribution >= 0.6 is 0 Å². The van der Waals surface area contributed by atoms with Crippen LogP contribution in [0.4, 0.5) is 13.2 Å². The van der Waals surface area contributed by atoms with E-state index in [1.165, 1.54) is 0 Å². The van der Waals surface area contributed by atoms with Gasteiger partial charge >= 0.3 is 5.97 Å². The van der Waals surface area contributed by atoms with Crippen molar-refractivity contribution in [2.24, 2.45) is 5.73 Å². The Kier molecular flexibility index (Phi) is 5.08. The quantitative estimate of drug-likeness (QED) is 0.820. The Morgan fingerprint density at radius 2 is 2.22 bits per heavy atom. The molecule has 0 aliphatic carbocycles. The number of aromatic nitrogens is 1. The molecule has 0 aliphatic rings. The maximum absolute atomic E-state index is 13.7. The first-order valence-corrected chi connectivity index (χ1v) is 5.31. The molecule has 7 heteroatoms. The number of hydrogen-bond acceptors (Lipinski definition) is 4. The molecule has 0 atom stereocenters. The Bertz CT molecular complexity index is 439. The molecular weight excluding hydrogens is 249 g/mol. The zero-order valence-electron chi connectivity index (χ0n) is 9.75. The summed E-state index contributed by atoms with van der Waals surface area (Å²) in [6, 6.07) is 0. The molecule has 0 amide bonds. The Labute approximate surface area is 102 Å². The van der Waals surface area contributed by atoms with Crippen LogP contribution in [0.3, 0.4) is 0 Å². The maximum atomic E-state index is 13.7. The van der Waals surface area contributed by atoms with Crippen molar-refractivity contribution in [3.63, 3.8) is 0 Å². The number of ether oxygens (including phenoxy) is 1. The van der Waals surface area contributed by atoms with Gasteiger partial charge in [-0.15, -0.1) is 0 Å². The molecular formula is C11H13F3N2O2. The van der Waals surface area contributed by atoms with Crippen molar-refractivity contribution >= 4 is 5.97 Å². The molecule has 4 nitrogen and oxygen atoms in total. The molecule has 1 aromatic rings. The predicted octanol–water partition coefficient (Wildman–Crippen LogP) is 1.72. The third-order valence-electron chi connectivity index (χ3n) is 2.28. The highest BCUT2D eigenvalue weighted by Gasteiger charge is 2.21. The molecule has 0 spiro atoms. The standard InChI is InChI=1S/C11H13F3N2O2/c1-2-18-9(17)3-8-6(4-15)10(12)7(5-16-8)11(13)14/h5,11H,2-4,15H2,1H3. The van der Waals surface area contributed by atoms with Gasteiger partial charge in [0.2, 0.25) is 0 Å². The number of halogens is 3. The van der Waals surface area contributed by atoms with Gasteiger partial charge in [0.1, 0.15) is 5.82 Å². The van der Waals surface area contributed by atoms with Crippen LogP contribution in [0, 0.1) is 5.82 Å². The van der Waals surface area contributed by atoms with Gasteiger partial charge in [-0.3, -0.25) is 9.78 Å². The summed E-state index contributed by atoms with van der Waals surface area (Å²) < 4.78 is 43.2. The highest BCUT2D eigenvalue weighted by Crippen LogP contribution is 2.25. The molecule has 100 valence electrons. The van der Waals surface area contributed by atoms with E-state index < -0.39 is 23.8 Å². The van der Waals surface area contributed by atoms with Crippen LogP contribution in [-0.4, -0.2) is 17.6 Å². The number of alkyl halides is 2. The van der Waals surface area contributed by atoms with Crippen molar-refractivity contribution in [2.45, 2.75) is 26.3 Å². The van der Waals surface area contributed by atoms with Crippen LogP contribution in [0.25, 0.3) is 0 Å². The molecule has 0 bridgehead atoms. The molecule has 1 aromatic heterocycles. The van der Waals surface area contributed by atoms with Gasteiger partial charge in [-0.25, -0.2) is 13.2 Å². The summed E-state index contributed by atoms with van der Waals surface area (Å²) in [4.78, 5) is 14.9. The number of rotatable bonds is 5. The number of nitrogens with two attached hydrogens (primary N) is 1. The van der Waals surface area contributed by atoms with E-state index in [0.29, 0.717) is 6.20 Å². The van der Waals surface area contributed by atoms with Gasteiger partial charge in [-0.1, -0.05) is 0 Å². The van der Waals surface area contributed by atoms with E-state index in [1.54, 1.807) is 6.92 Å². The SMILES string of the molecule is CCOC(=O)Cc1ncc(C(F)F)c(F)c1CN. The molecule has 1 rings (SSSR count). The highest BCUT2D eigenvalue weighted by atomic mass is 19.3. The smallest absolute Gasteiger partial charge is 0.311 e. The van der Waals surface area contributed by atoms with E-state index in [2.05, 4.69) is 9.72 Å². The van der Waals surface area contributed by atoms with E-state index in [4.69, 9.17) is 5.73 Å². The van der Waals surface area contributed by atoms with Gasteiger partial charge < -0.3 is 10.5 Å². The lowest BCUT2D eigenvalue weighted by Crippen LogP contribution is -2.15. The second-order valence-electron chi connectivity index (χ2n) is 3.44. The fraction of sp³-hybridized carbons (Fsp3) is 0.455. The molecule has 0 aromatic carbocycles. The molecule has 0 aliphatic heterocycles. The number of hydrogen-bond donors (Lipinski definition) is 1. The zero-order valence-corrected chi connectivity index (χ0v) is 9.75. The van der Waals surface area contributed by atoms with E-state index in [-0.39, 0.29) is 30.8 Å². The summed E-state index contributed by atoms with van der Waals surface area (Å²) in [6.07, 6.45) is -2.55. The van der Waals surface area contributed by atoms with Gasteiger partial charge in [0.25, 0.3) is 6.43 Å². The van der Waals surface area contributed by atoms with Crippen molar-refractivity contribution in [1.82, 2.24) is 4.98 Å². The van der Waals surface area contributed by atoms with Crippen molar-refractivity contribution in [2.75, 3.05) is 6.61 Å². The second-order valence-corrected chi connectivity index (χ2v) is 3.44. The average Bonchev–Trinajstić information content (AvgIpc) is 2.29. The minimum atomic E-state index is -2.97. The van der Waals surface area contributed by atoms with Crippen molar-refractivity contribution < 1.29 is 22.7 Å². The number of esters is 1. The molecule has 1 heterocycles. The lowest BCUT2D eigenvalue weighted by molar-refractivity contribution is -0.142. The van der Waals surface area contributed by atoms with Crippen LogP contribution < -0.4 is 5.73 Å². The Morgan fingerprint density at radius 1 is 1.56 bits per heavy atom. The summed E-state index contributed by atoms with van der Waals surface area (Å²) in [7, 11) is 0. The fourth-order valence-electron chi connectivity index (χ4n) is 1.44. The summed E-state index contributed by atoms with van der Waals surface area (Å²) in [5, 5.41) is 0. The number of carbonyl (C=O) groups excluding carboxylic acids is 1. The lowest BCUT2D eigenvalue weighted by atomic mass is 10.1. The third kappa shape index (κ3) is 3.19. The maximum Gasteiger partial charge on any atom is 0.311 e. The first-order chi connectivity index (χ1) is 8.51. The van der Waals surface area contributed by atoms with Gasteiger partial charge in [0, 0.05) is 18.3 Å². The van der Waals surface area contributed by atoms with Gasteiger partial charge in [0.15, 0.2) is 0 Å². The zero-order chi connectivity index (χ0) is 13.7. The Morgan fingerprint density at radius 3 is 2.72 bits per heavy atom. The lowest BCUT2D eigenvalue weighted by Gasteiger charge is -2.10. The average molecular weight is 262 g/mol.